The number of hydrogen-bond donors (Lipinski definition) is 1. The summed E-state index contributed by atoms with van der Waals surface area (Å²) in [5.41, 5.74) is 2.86. The van der Waals surface area contributed by atoms with Gasteiger partial charge >= 0.3 is 0 Å². The zero-order valence-electron chi connectivity index (χ0n) is 8.81. The molecule has 0 aromatic carbocycles. The summed E-state index contributed by atoms with van der Waals surface area (Å²) in [5, 5.41) is 0. The molecule has 0 spiro atoms. The van der Waals surface area contributed by atoms with Gasteiger partial charge in [0, 0.05) is 13.2 Å². The number of hydrogen-bond acceptors (Lipinski definition) is 3. The van der Waals surface area contributed by atoms with Crippen LogP contribution in [0.15, 0.2) is 0 Å². The van der Waals surface area contributed by atoms with Gasteiger partial charge in [0.15, 0.2) is 0 Å². The normalized spacial score (nSPS) is 14.8. The van der Waals surface area contributed by atoms with Crippen LogP contribution in [0.5, 0.6) is 0 Å². The number of ether oxygens (including phenoxy) is 1. The Morgan fingerprint density at radius 1 is 1.42 bits per heavy atom. The molecule has 0 aromatic heterocycles. The summed E-state index contributed by atoms with van der Waals surface area (Å²) in [6, 6.07) is 0.319. The number of rotatable bonds is 6. The zero-order chi connectivity index (χ0) is 9.61. The van der Waals surface area contributed by atoms with Crippen LogP contribution in [-0.2, 0) is 9.57 Å². The van der Waals surface area contributed by atoms with Crippen molar-refractivity contribution in [2.45, 2.75) is 45.8 Å². The molecule has 0 bridgehead atoms. The summed E-state index contributed by atoms with van der Waals surface area (Å²) in [6.45, 7) is 8.86. The largest absolute Gasteiger partial charge is 0.379 e. The molecule has 0 aliphatic carbocycles. The fraction of sp³-hybridized carbons (Fsp3) is 1.00. The molecule has 0 aromatic rings. The van der Waals surface area contributed by atoms with Crippen molar-refractivity contribution in [3.05, 3.63) is 0 Å². The van der Waals surface area contributed by atoms with Gasteiger partial charge in [-0.1, -0.05) is 0 Å². The minimum Gasteiger partial charge on any atom is -0.379 e. The second-order valence-electron chi connectivity index (χ2n) is 3.62. The molecule has 3 nitrogen and oxygen atoms in total. The summed E-state index contributed by atoms with van der Waals surface area (Å²) in [5.74, 6) is 0. The van der Waals surface area contributed by atoms with Crippen LogP contribution in [0.2, 0.25) is 0 Å². The smallest absolute Gasteiger partial charge is 0.0654 e. The van der Waals surface area contributed by atoms with Crippen LogP contribution in [0.1, 0.15) is 34.1 Å². The van der Waals surface area contributed by atoms with Gasteiger partial charge in [-0.2, -0.15) is 5.48 Å². The molecule has 0 amide bonds. The van der Waals surface area contributed by atoms with Crippen LogP contribution in [0.4, 0.5) is 0 Å². The number of methoxy groups -OCH3 is 1. The molecule has 0 fully saturated rings. The van der Waals surface area contributed by atoms with Crippen LogP contribution in [0.25, 0.3) is 0 Å². The highest BCUT2D eigenvalue weighted by Gasteiger charge is 2.19. The summed E-state index contributed by atoms with van der Waals surface area (Å²) in [4.78, 5) is 5.08. The predicted octanol–water partition coefficient (Wildman–Crippen LogP) is 1.73. The monoisotopic (exact) mass is 175 g/mol. The molecule has 74 valence electrons. The molecule has 0 radical (unpaired) electrons. The minimum atomic E-state index is -0.0798. The molecule has 1 atom stereocenters. The second kappa shape index (κ2) is 5.51. The molecule has 3 heteroatoms. The van der Waals surface area contributed by atoms with E-state index in [1.807, 2.05) is 6.92 Å². The number of nitrogens with one attached hydrogen (secondary N) is 1. The lowest BCUT2D eigenvalue weighted by atomic mass is 10.0. The van der Waals surface area contributed by atoms with E-state index >= 15 is 0 Å². The Morgan fingerprint density at radius 2 is 2.00 bits per heavy atom. The third-order valence-electron chi connectivity index (χ3n) is 1.78. The summed E-state index contributed by atoms with van der Waals surface area (Å²) in [6.07, 6.45) is 0.934. The van der Waals surface area contributed by atoms with Gasteiger partial charge in [-0.15, -0.1) is 0 Å². The van der Waals surface area contributed by atoms with Crippen molar-refractivity contribution >= 4 is 0 Å². The highest BCUT2D eigenvalue weighted by atomic mass is 16.6. The molecule has 0 heterocycles. The molecule has 1 unspecified atom stereocenters. The van der Waals surface area contributed by atoms with Crippen LogP contribution in [0.3, 0.4) is 0 Å². The average Bonchev–Trinajstić information content (AvgIpc) is 2.00. The Labute approximate surface area is 75.4 Å². The molecule has 0 aliphatic heterocycles. The highest BCUT2D eigenvalue weighted by Crippen LogP contribution is 2.14. The first kappa shape index (κ1) is 11.9. The standard InChI is InChI=1S/C9H21NO2/c1-6-12-10-8(2)7-9(3,4)11-5/h8,10H,6-7H2,1-5H3. The molecular weight excluding hydrogens is 154 g/mol. The molecule has 12 heavy (non-hydrogen) atoms. The van der Waals surface area contributed by atoms with E-state index in [-0.39, 0.29) is 5.60 Å². The topological polar surface area (TPSA) is 30.5 Å². The van der Waals surface area contributed by atoms with E-state index in [1.54, 1.807) is 7.11 Å². The molecule has 0 saturated heterocycles. The first-order chi connectivity index (χ1) is 5.52. The quantitative estimate of drug-likeness (QED) is 0.624. The van der Waals surface area contributed by atoms with Crippen molar-refractivity contribution in [3.8, 4) is 0 Å². The third kappa shape index (κ3) is 5.52. The molecule has 0 saturated carbocycles. The molecule has 0 aliphatic rings. The fourth-order valence-corrected chi connectivity index (χ4v) is 1.09. The van der Waals surface area contributed by atoms with Gasteiger partial charge in [0.25, 0.3) is 0 Å². The number of hydroxylamine groups is 1. The van der Waals surface area contributed by atoms with Gasteiger partial charge < -0.3 is 9.57 Å². The molecule has 1 N–H and O–H groups in total. The van der Waals surface area contributed by atoms with Crippen LogP contribution in [0, 0.1) is 0 Å². The lowest BCUT2D eigenvalue weighted by molar-refractivity contribution is -0.0259. The lowest BCUT2D eigenvalue weighted by Crippen LogP contribution is -2.35. The van der Waals surface area contributed by atoms with Gasteiger partial charge in [-0.05, 0) is 34.1 Å². The van der Waals surface area contributed by atoms with E-state index < -0.39 is 0 Å². The van der Waals surface area contributed by atoms with Crippen LogP contribution in [-0.4, -0.2) is 25.4 Å². The second-order valence-corrected chi connectivity index (χ2v) is 3.62. The van der Waals surface area contributed by atoms with Crippen molar-refractivity contribution in [2.75, 3.05) is 13.7 Å². The van der Waals surface area contributed by atoms with Crippen molar-refractivity contribution < 1.29 is 9.57 Å². The molecular formula is C9H21NO2. The summed E-state index contributed by atoms with van der Waals surface area (Å²) >= 11 is 0. The van der Waals surface area contributed by atoms with E-state index in [0.29, 0.717) is 12.6 Å². The van der Waals surface area contributed by atoms with Crippen LogP contribution >= 0.6 is 0 Å². The van der Waals surface area contributed by atoms with Gasteiger partial charge in [0.1, 0.15) is 0 Å². The summed E-state index contributed by atoms with van der Waals surface area (Å²) < 4.78 is 5.29. The van der Waals surface area contributed by atoms with Gasteiger partial charge in [0.05, 0.1) is 12.2 Å². The Balaban J connectivity index is 3.60. The van der Waals surface area contributed by atoms with Gasteiger partial charge in [0.2, 0.25) is 0 Å². The van der Waals surface area contributed by atoms with Crippen molar-refractivity contribution in [1.29, 1.82) is 0 Å². The van der Waals surface area contributed by atoms with E-state index in [4.69, 9.17) is 9.57 Å². The average molecular weight is 175 g/mol. The SMILES string of the molecule is CCONC(C)CC(C)(C)OC. The Morgan fingerprint density at radius 3 is 2.42 bits per heavy atom. The lowest BCUT2D eigenvalue weighted by Gasteiger charge is -2.26. The van der Waals surface area contributed by atoms with Crippen molar-refractivity contribution in [3.63, 3.8) is 0 Å². The Bertz CT molecular complexity index is 115. The zero-order valence-corrected chi connectivity index (χ0v) is 8.81. The Kier molecular flexibility index (Phi) is 5.46. The van der Waals surface area contributed by atoms with Crippen molar-refractivity contribution in [2.24, 2.45) is 0 Å². The van der Waals surface area contributed by atoms with Crippen LogP contribution < -0.4 is 5.48 Å². The van der Waals surface area contributed by atoms with Gasteiger partial charge in [-0.3, -0.25) is 0 Å². The van der Waals surface area contributed by atoms with Gasteiger partial charge in [-0.25, -0.2) is 0 Å². The first-order valence-electron chi connectivity index (χ1n) is 4.44. The van der Waals surface area contributed by atoms with E-state index in [2.05, 4.69) is 26.3 Å². The summed E-state index contributed by atoms with van der Waals surface area (Å²) in [7, 11) is 1.73. The maximum atomic E-state index is 5.29. The minimum absolute atomic E-state index is 0.0798. The first-order valence-corrected chi connectivity index (χ1v) is 4.44. The van der Waals surface area contributed by atoms with E-state index in [0.717, 1.165) is 6.42 Å². The molecule has 0 rings (SSSR count). The highest BCUT2D eigenvalue weighted by molar-refractivity contribution is 4.73. The predicted molar refractivity (Wildman–Crippen MR) is 49.9 cm³/mol. The van der Waals surface area contributed by atoms with Crippen molar-refractivity contribution in [1.82, 2.24) is 5.48 Å². The maximum Gasteiger partial charge on any atom is 0.0654 e. The Hall–Kier alpha value is -0.120. The maximum absolute atomic E-state index is 5.29. The third-order valence-corrected chi connectivity index (χ3v) is 1.78. The van der Waals surface area contributed by atoms with E-state index in [9.17, 15) is 0 Å². The van der Waals surface area contributed by atoms with E-state index in [1.165, 1.54) is 0 Å². The fourth-order valence-electron chi connectivity index (χ4n) is 1.09.